The van der Waals surface area contributed by atoms with Crippen LogP contribution in [0.1, 0.15) is 167 Å². The van der Waals surface area contributed by atoms with Gasteiger partial charge in [-0.1, -0.05) is 91.3 Å². The summed E-state index contributed by atoms with van der Waals surface area (Å²) in [6, 6.07) is 30.3. The lowest BCUT2D eigenvalue weighted by Gasteiger charge is -2.59. The monoisotopic (exact) mass is 1130 g/mol. The van der Waals surface area contributed by atoms with Crippen molar-refractivity contribution in [2.24, 2.45) is 23.2 Å². The van der Waals surface area contributed by atoms with Crippen LogP contribution in [0, 0.1) is 29.0 Å². The molecule has 0 unspecified atom stereocenters. The number of hydrogen-bond donors (Lipinski definition) is 3. The first-order valence-corrected chi connectivity index (χ1v) is 29.6. The smallest absolute Gasteiger partial charge is 0.392 e. The Morgan fingerprint density at radius 3 is 1.90 bits per heavy atom. The van der Waals surface area contributed by atoms with Gasteiger partial charge in [0.05, 0.1) is 42.2 Å². The topological polar surface area (TPSA) is 134 Å². The van der Waals surface area contributed by atoms with E-state index >= 15 is 0 Å². The second kappa shape index (κ2) is 24.9. The van der Waals surface area contributed by atoms with Crippen LogP contribution in [-0.2, 0) is 40.9 Å². The molecule has 3 aliphatic heterocycles. The molecule has 436 valence electrons. The zero-order valence-electron chi connectivity index (χ0n) is 47.6. The maximum absolute atomic E-state index is 14.4. The first-order valence-electron chi connectivity index (χ1n) is 29.6. The number of ketones is 1. The molecule has 12 rings (SSSR count). The van der Waals surface area contributed by atoms with Crippen LogP contribution in [-0.4, -0.2) is 107 Å². The lowest BCUT2D eigenvalue weighted by Crippen LogP contribution is -2.55. The molecule has 7 aliphatic rings. The molecule has 3 N–H and O–H groups in total. The Hall–Kier alpha value is -6.26. The van der Waals surface area contributed by atoms with Crippen LogP contribution >= 0.6 is 0 Å². The predicted octanol–water partition coefficient (Wildman–Crippen LogP) is 11.6. The van der Waals surface area contributed by atoms with Crippen LogP contribution in [0.5, 0.6) is 0 Å². The molecule has 4 bridgehead atoms. The minimum atomic E-state index is -4.77. The maximum atomic E-state index is 14.4. The number of likely N-dealkylation sites (tertiary alicyclic amines) is 1. The van der Waals surface area contributed by atoms with E-state index in [1.807, 2.05) is 62.6 Å². The number of hydrogen-bond acceptors (Lipinski definition) is 8. The second-order valence-corrected chi connectivity index (χ2v) is 25.0. The molecule has 0 aromatic heterocycles. The fraction of sp³-hybridized carbons (Fsp3) is 0.493. The van der Waals surface area contributed by atoms with E-state index in [4.69, 9.17) is 0 Å². The highest BCUT2D eigenvalue weighted by Crippen LogP contribution is 2.61. The summed E-state index contributed by atoms with van der Waals surface area (Å²) in [7, 11) is 4.08. The van der Waals surface area contributed by atoms with Crippen molar-refractivity contribution in [1.82, 2.24) is 24.9 Å². The average molecular weight is 1130 g/mol. The van der Waals surface area contributed by atoms with Crippen molar-refractivity contribution in [1.29, 1.82) is 0 Å². The van der Waals surface area contributed by atoms with E-state index in [9.17, 15) is 47.0 Å². The Morgan fingerprint density at radius 1 is 0.707 bits per heavy atom. The number of piperidine rings is 1. The van der Waals surface area contributed by atoms with Gasteiger partial charge in [0, 0.05) is 37.2 Å². The Labute approximate surface area is 480 Å². The number of benzene rings is 5. The Balaban J connectivity index is 0.000000184. The van der Waals surface area contributed by atoms with E-state index in [0.717, 1.165) is 98.6 Å². The lowest BCUT2D eigenvalue weighted by molar-refractivity contribution is -0.137. The molecular weight excluding hydrogens is 1050 g/mol. The number of amides is 3. The first-order chi connectivity index (χ1) is 39.4. The molecule has 3 heterocycles. The fourth-order valence-corrected chi connectivity index (χ4v) is 15.4. The Morgan fingerprint density at radius 2 is 1.29 bits per heavy atom. The number of alkyl halides is 3. The summed E-state index contributed by atoms with van der Waals surface area (Å²) in [4.78, 5) is 64.7. The van der Waals surface area contributed by atoms with Crippen molar-refractivity contribution in [3.63, 3.8) is 0 Å². The first kappa shape index (κ1) is 58.9. The molecular formula is C67H79F4N5O6. The van der Waals surface area contributed by atoms with Crippen molar-refractivity contribution >= 4 is 23.5 Å². The molecule has 5 aromatic carbocycles. The summed E-state index contributed by atoms with van der Waals surface area (Å²) in [6.07, 6.45) is 8.20. The van der Waals surface area contributed by atoms with Crippen molar-refractivity contribution < 1.29 is 47.0 Å². The normalized spacial score (nSPS) is 25.8. The van der Waals surface area contributed by atoms with Crippen molar-refractivity contribution in [2.75, 3.05) is 53.4 Å². The molecule has 15 heteroatoms. The number of nitrogens with one attached hydrogen (secondary N) is 1. The van der Waals surface area contributed by atoms with Crippen LogP contribution in [0.3, 0.4) is 0 Å². The number of aliphatic hydroxyl groups is 2. The van der Waals surface area contributed by atoms with Gasteiger partial charge in [-0.2, -0.15) is 13.2 Å². The van der Waals surface area contributed by atoms with Gasteiger partial charge in [0.2, 0.25) is 5.91 Å². The molecule has 5 aromatic rings. The van der Waals surface area contributed by atoms with Crippen LogP contribution in [0.4, 0.5) is 17.6 Å². The highest BCUT2D eigenvalue weighted by molar-refractivity contribution is 6.04. The van der Waals surface area contributed by atoms with Gasteiger partial charge in [-0.05, 0) is 204 Å². The third-order valence-electron chi connectivity index (χ3n) is 18.8. The quantitative estimate of drug-likeness (QED) is 0.0584. The average Bonchev–Trinajstić information content (AvgIpc) is 1.03. The maximum Gasteiger partial charge on any atom is 0.416 e. The highest BCUT2D eigenvalue weighted by Gasteiger charge is 2.55. The van der Waals surface area contributed by atoms with Gasteiger partial charge in [-0.3, -0.25) is 19.2 Å². The predicted molar refractivity (Wildman–Crippen MR) is 307 cm³/mol. The molecule has 11 nitrogen and oxygen atoms in total. The molecule has 4 aliphatic carbocycles. The number of carbonyl (C=O) groups is 4. The van der Waals surface area contributed by atoms with E-state index in [2.05, 4.69) is 20.0 Å². The van der Waals surface area contributed by atoms with Crippen LogP contribution in [0.25, 0.3) is 0 Å². The van der Waals surface area contributed by atoms with E-state index in [1.54, 1.807) is 55.5 Å². The van der Waals surface area contributed by atoms with E-state index < -0.39 is 40.8 Å². The van der Waals surface area contributed by atoms with Gasteiger partial charge in [-0.25, -0.2) is 4.39 Å². The van der Waals surface area contributed by atoms with Gasteiger partial charge < -0.3 is 35.1 Å². The molecule has 5 fully saturated rings. The number of rotatable bonds is 18. The summed E-state index contributed by atoms with van der Waals surface area (Å²) >= 11 is 0. The summed E-state index contributed by atoms with van der Waals surface area (Å²) < 4.78 is 55.2. The minimum absolute atomic E-state index is 0.0135. The third-order valence-corrected chi connectivity index (χ3v) is 18.8. The Bertz CT molecular complexity index is 3050. The van der Waals surface area contributed by atoms with E-state index in [0.29, 0.717) is 46.8 Å². The van der Waals surface area contributed by atoms with E-state index in [1.165, 1.54) is 49.8 Å². The standard InChI is InChI=1S/C34H36F4N2O3.C33H43N3O3/c1-33(30(42)10-7-17-39-15-5-2-6-16-39)29-9-4-3-8-28(29)32(43)40(31(33)25-13-11-23(22-41)12-14-25)21-24-18-26(34(36,37)38)20-27(35)19-24;1-35(2)13-5-12-34-31(38)29-27-6-3-4-7-28(27)32(39)36(30(29)26-10-8-22(20-37)9-11-26)21-33-17-23-14-24(18-33)16-25(15-23)19-33/h3-4,8-9,11-14,18-20,31,41H,2,5-7,10,15-17,21-22H2,1H3;3-4,6-11,23-25,29-30,37H,5,12-21H2,1-2H3,(H,34,38)/t31-,33+;23?,24?,25?,29-,30+,33?/m01/s1. The van der Waals surface area contributed by atoms with Crippen LogP contribution < -0.4 is 5.32 Å². The SMILES string of the molecule is CN(C)CCCNC(=O)[C@@H]1c2ccccc2C(=O)N(CC23CC4CC(CC(C4)C2)C3)[C@H]1c1ccc(CO)cc1.C[C@]1(C(=O)CCCN2CCCCC2)c2ccccc2C(=O)N(Cc2cc(F)cc(C(F)(F)F)c2)[C@H]1c1ccc(CO)cc1. The Kier molecular flexibility index (Phi) is 17.9. The second-order valence-electron chi connectivity index (χ2n) is 25.0. The summed E-state index contributed by atoms with van der Waals surface area (Å²) in [6.45, 7) is 6.26. The molecule has 0 radical (unpaired) electrons. The van der Waals surface area contributed by atoms with E-state index in [-0.39, 0.29) is 60.8 Å². The van der Waals surface area contributed by atoms with Gasteiger partial charge in [0.15, 0.2) is 0 Å². The molecule has 4 atom stereocenters. The number of nitrogens with zero attached hydrogens (tertiary/aromatic N) is 4. The number of Topliss-reactive ketones (excluding diaryl/α,β-unsaturated/α-hetero) is 1. The van der Waals surface area contributed by atoms with Gasteiger partial charge in [-0.15, -0.1) is 0 Å². The van der Waals surface area contributed by atoms with Crippen molar-refractivity contribution in [3.05, 3.63) is 177 Å². The summed E-state index contributed by atoms with van der Waals surface area (Å²) in [5, 5.41) is 22.5. The third kappa shape index (κ3) is 12.5. The van der Waals surface area contributed by atoms with Crippen LogP contribution in [0.15, 0.2) is 115 Å². The molecule has 0 spiro atoms. The molecule has 1 saturated heterocycles. The zero-order chi connectivity index (χ0) is 57.9. The molecule has 4 saturated carbocycles. The molecule has 3 amide bonds. The number of fused-ring (bicyclic) bond motifs is 2. The fourth-order valence-electron chi connectivity index (χ4n) is 15.4. The largest absolute Gasteiger partial charge is 0.416 e. The zero-order valence-corrected chi connectivity index (χ0v) is 47.6. The minimum Gasteiger partial charge on any atom is -0.392 e. The lowest BCUT2D eigenvalue weighted by atomic mass is 9.49. The summed E-state index contributed by atoms with van der Waals surface area (Å²) in [5.41, 5.74) is 3.11. The highest BCUT2D eigenvalue weighted by atomic mass is 19.4. The molecule has 82 heavy (non-hydrogen) atoms. The number of halogens is 4. The van der Waals surface area contributed by atoms with Crippen molar-refractivity contribution in [2.45, 2.75) is 133 Å². The van der Waals surface area contributed by atoms with Crippen LogP contribution in [0.2, 0.25) is 0 Å². The van der Waals surface area contributed by atoms with Gasteiger partial charge in [0.1, 0.15) is 11.6 Å². The van der Waals surface area contributed by atoms with Gasteiger partial charge >= 0.3 is 6.18 Å². The van der Waals surface area contributed by atoms with Gasteiger partial charge in [0.25, 0.3) is 11.8 Å². The summed E-state index contributed by atoms with van der Waals surface area (Å²) in [5.74, 6) is 0.339. The number of carbonyl (C=O) groups excluding carboxylic acids is 4. The van der Waals surface area contributed by atoms with Crippen molar-refractivity contribution in [3.8, 4) is 0 Å². The number of aliphatic hydroxyl groups excluding tert-OH is 2.